The SMILES string of the molecule is COc1ccc2c(c1)N(C)/C(=C1/SC(=Nc3ccc(Cl)cc3)N(c3cccc(C)c3)C1=O)S2. The van der Waals surface area contributed by atoms with E-state index in [1.807, 2.05) is 73.5 Å². The van der Waals surface area contributed by atoms with E-state index in [0.29, 0.717) is 15.1 Å². The van der Waals surface area contributed by atoms with Crippen LogP contribution in [0.3, 0.4) is 0 Å². The lowest BCUT2D eigenvalue weighted by Crippen LogP contribution is -2.29. The van der Waals surface area contributed by atoms with Crippen LogP contribution < -0.4 is 14.5 Å². The molecule has 1 fully saturated rings. The predicted molar refractivity (Wildman–Crippen MR) is 139 cm³/mol. The molecule has 0 spiro atoms. The van der Waals surface area contributed by atoms with Crippen molar-refractivity contribution >= 4 is 63.3 Å². The first-order valence-corrected chi connectivity index (χ1v) is 12.2. The van der Waals surface area contributed by atoms with Gasteiger partial charge in [-0.1, -0.05) is 35.5 Å². The van der Waals surface area contributed by atoms with E-state index < -0.39 is 0 Å². The van der Waals surface area contributed by atoms with Gasteiger partial charge in [-0.2, -0.15) is 0 Å². The number of amidine groups is 1. The molecule has 166 valence electrons. The molecule has 5 nitrogen and oxygen atoms in total. The van der Waals surface area contributed by atoms with Crippen molar-refractivity contribution in [2.24, 2.45) is 4.99 Å². The van der Waals surface area contributed by atoms with E-state index in [-0.39, 0.29) is 5.91 Å². The number of benzene rings is 3. The van der Waals surface area contributed by atoms with Gasteiger partial charge in [0.15, 0.2) is 5.17 Å². The van der Waals surface area contributed by atoms with Gasteiger partial charge in [0.25, 0.3) is 5.91 Å². The molecule has 2 aliphatic rings. The third kappa shape index (κ3) is 4.12. The number of halogens is 1. The summed E-state index contributed by atoms with van der Waals surface area (Å²) in [6.45, 7) is 2.01. The topological polar surface area (TPSA) is 45.1 Å². The summed E-state index contributed by atoms with van der Waals surface area (Å²) in [5.41, 5.74) is 3.62. The Morgan fingerprint density at radius 3 is 2.52 bits per heavy atom. The third-order valence-electron chi connectivity index (χ3n) is 5.33. The van der Waals surface area contributed by atoms with E-state index in [4.69, 9.17) is 21.3 Å². The van der Waals surface area contributed by atoms with Crippen molar-refractivity contribution in [2.75, 3.05) is 24.0 Å². The number of fused-ring (bicyclic) bond motifs is 1. The van der Waals surface area contributed by atoms with Gasteiger partial charge in [0.1, 0.15) is 10.7 Å². The van der Waals surface area contributed by atoms with Gasteiger partial charge in [0, 0.05) is 23.0 Å². The van der Waals surface area contributed by atoms with Crippen LogP contribution in [0.15, 0.2) is 86.6 Å². The molecule has 0 aliphatic carbocycles. The Hall–Kier alpha value is -2.87. The molecular weight excluding hydrogens is 474 g/mol. The van der Waals surface area contributed by atoms with Crippen LogP contribution in [0, 0.1) is 6.92 Å². The Morgan fingerprint density at radius 2 is 1.79 bits per heavy atom. The Morgan fingerprint density at radius 1 is 1.00 bits per heavy atom. The van der Waals surface area contributed by atoms with Gasteiger partial charge in [0.05, 0.1) is 29.2 Å². The number of hydrogen-bond donors (Lipinski definition) is 0. The van der Waals surface area contributed by atoms with E-state index in [2.05, 4.69) is 0 Å². The van der Waals surface area contributed by atoms with E-state index in [1.54, 1.807) is 35.9 Å². The summed E-state index contributed by atoms with van der Waals surface area (Å²) in [4.78, 5) is 24.0. The maximum Gasteiger partial charge on any atom is 0.274 e. The lowest BCUT2D eigenvalue weighted by molar-refractivity contribution is -0.113. The van der Waals surface area contributed by atoms with Gasteiger partial charge >= 0.3 is 0 Å². The molecule has 5 rings (SSSR count). The van der Waals surface area contributed by atoms with Gasteiger partial charge in [-0.3, -0.25) is 9.69 Å². The maximum absolute atomic E-state index is 13.8. The largest absolute Gasteiger partial charge is 0.497 e. The molecule has 3 aromatic carbocycles. The number of aryl methyl sites for hydroxylation is 1. The average Bonchev–Trinajstić information content (AvgIpc) is 3.31. The molecule has 3 aromatic rings. The quantitative estimate of drug-likeness (QED) is 0.374. The first-order valence-electron chi connectivity index (χ1n) is 10.2. The van der Waals surface area contributed by atoms with Crippen molar-refractivity contribution in [1.29, 1.82) is 0 Å². The number of thioether (sulfide) groups is 2. The first kappa shape index (κ1) is 21.9. The van der Waals surface area contributed by atoms with Gasteiger partial charge < -0.3 is 9.64 Å². The molecule has 33 heavy (non-hydrogen) atoms. The van der Waals surface area contributed by atoms with Crippen LogP contribution >= 0.6 is 35.1 Å². The van der Waals surface area contributed by atoms with E-state index in [1.165, 1.54) is 11.8 Å². The van der Waals surface area contributed by atoms with E-state index in [0.717, 1.165) is 38.3 Å². The van der Waals surface area contributed by atoms with Crippen molar-refractivity contribution < 1.29 is 9.53 Å². The highest BCUT2D eigenvalue weighted by atomic mass is 35.5. The maximum atomic E-state index is 13.8. The van der Waals surface area contributed by atoms with Crippen LogP contribution in [0.5, 0.6) is 5.75 Å². The first-order chi connectivity index (χ1) is 15.9. The minimum atomic E-state index is -0.0903. The molecule has 1 amide bonds. The van der Waals surface area contributed by atoms with Crippen molar-refractivity contribution in [3.8, 4) is 5.75 Å². The van der Waals surface area contributed by atoms with E-state index in [9.17, 15) is 4.79 Å². The number of amides is 1. The summed E-state index contributed by atoms with van der Waals surface area (Å²) in [5.74, 6) is 0.691. The number of anilines is 2. The summed E-state index contributed by atoms with van der Waals surface area (Å²) in [5, 5.41) is 2.13. The second-order valence-corrected chi connectivity index (χ2v) is 10.0. The Kier molecular flexibility index (Phi) is 5.86. The zero-order valence-corrected chi connectivity index (χ0v) is 20.6. The third-order valence-corrected chi connectivity index (χ3v) is 7.97. The summed E-state index contributed by atoms with van der Waals surface area (Å²) in [6, 6.07) is 21.1. The molecule has 0 saturated carbocycles. The second kappa shape index (κ2) is 8.82. The van der Waals surface area contributed by atoms with Crippen LogP contribution in [0.4, 0.5) is 17.1 Å². The highest BCUT2D eigenvalue weighted by Crippen LogP contribution is 2.51. The molecular formula is C25H20ClN3O2S2. The minimum Gasteiger partial charge on any atom is -0.497 e. The van der Waals surface area contributed by atoms with Crippen LogP contribution in [0.1, 0.15) is 5.56 Å². The highest BCUT2D eigenvalue weighted by molar-refractivity contribution is 8.20. The second-order valence-electron chi connectivity index (χ2n) is 7.58. The van der Waals surface area contributed by atoms with Crippen LogP contribution in [-0.2, 0) is 4.79 Å². The molecule has 2 aliphatic heterocycles. The van der Waals surface area contributed by atoms with Crippen LogP contribution in [0.25, 0.3) is 0 Å². The fraction of sp³-hybridized carbons (Fsp3) is 0.120. The summed E-state index contributed by atoms with van der Waals surface area (Å²) in [7, 11) is 3.62. The standard InChI is InChI=1S/C25H20ClN3O2S2/c1-15-5-4-6-18(13-15)29-23(30)22(33-25(29)27-17-9-7-16(26)8-10-17)24-28(2)20-14-19(31-3)11-12-21(20)32-24/h4-14H,1-3H3/b24-22-,27-25?. The monoisotopic (exact) mass is 493 g/mol. The summed E-state index contributed by atoms with van der Waals surface area (Å²) in [6.07, 6.45) is 0. The Balaban J connectivity index is 1.60. The Labute approximate surface area is 206 Å². The minimum absolute atomic E-state index is 0.0903. The molecule has 0 unspecified atom stereocenters. The number of hydrogen-bond acceptors (Lipinski definition) is 6. The van der Waals surface area contributed by atoms with Crippen molar-refractivity contribution in [3.63, 3.8) is 0 Å². The zero-order valence-electron chi connectivity index (χ0n) is 18.2. The average molecular weight is 494 g/mol. The lowest BCUT2D eigenvalue weighted by Gasteiger charge is -2.17. The molecule has 0 radical (unpaired) electrons. The number of carbonyl (C=O) groups excluding carboxylic acids is 1. The molecule has 1 saturated heterocycles. The van der Waals surface area contributed by atoms with Crippen molar-refractivity contribution in [1.82, 2.24) is 0 Å². The molecule has 0 aromatic heterocycles. The number of ether oxygens (including phenoxy) is 1. The van der Waals surface area contributed by atoms with Gasteiger partial charge in [-0.05, 0) is 72.8 Å². The predicted octanol–water partition coefficient (Wildman–Crippen LogP) is 6.84. The van der Waals surface area contributed by atoms with Gasteiger partial charge in [0.2, 0.25) is 0 Å². The number of rotatable bonds is 3. The Bertz CT molecular complexity index is 1320. The highest BCUT2D eigenvalue weighted by Gasteiger charge is 2.40. The van der Waals surface area contributed by atoms with Crippen molar-refractivity contribution in [2.45, 2.75) is 11.8 Å². The number of carbonyl (C=O) groups is 1. The molecule has 8 heteroatoms. The fourth-order valence-electron chi connectivity index (χ4n) is 3.65. The summed E-state index contributed by atoms with van der Waals surface area (Å²) < 4.78 is 5.39. The smallest absolute Gasteiger partial charge is 0.274 e. The summed E-state index contributed by atoms with van der Waals surface area (Å²) >= 11 is 9.01. The van der Waals surface area contributed by atoms with Crippen molar-refractivity contribution in [3.05, 3.63) is 87.3 Å². The molecule has 0 bridgehead atoms. The number of nitrogens with zero attached hydrogens (tertiary/aromatic N) is 3. The van der Waals surface area contributed by atoms with Crippen LogP contribution in [-0.4, -0.2) is 25.2 Å². The van der Waals surface area contributed by atoms with E-state index >= 15 is 0 Å². The fourth-order valence-corrected chi connectivity index (χ4v) is 6.10. The lowest BCUT2D eigenvalue weighted by atomic mass is 10.2. The number of aliphatic imine (C=N–C) groups is 1. The van der Waals surface area contributed by atoms with Crippen LogP contribution in [0.2, 0.25) is 5.02 Å². The molecule has 2 heterocycles. The normalized spacial score (nSPS) is 18.9. The molecule has 0 N–H and O–H groups in total. The zero-order chi connectivity index (χ0) is 23.1. The number of methoxy groups -OCH3 is 1. The molecule has 0 atom stereocenters. The van der Waals surface area contributed by atoms with Gasteiger partial charge in [-0.25, -0.2) is 4.99 Å². The van der Waals surface area contributed by atoms with Gasteiger partial charge in [-0.15, -0.1) is 0 Å².